The average Bonchev–Trinajstić information content (AvgIpc) is 2.75. The van der Waals surface area contributed by atoms with E-state index in [-0.39, 0.29) is 6.42 Å². The third-order valence-electron chi connectivity index (χ3n) is 2.28. The molecule has 6 nitrogen and oxygen atoms in total. The van der Waals surface area contributed by atoms with E-state index in [2.05, 4.69) is 15.3 Å². The summed E-state index contributed by atoms with van der Waals surface area (Å²) in [5.74, 6) is -0.825. The van der Waals surface area contributed by atoms with E-state index in [1.54, 1.807) is 23.3 Å². The van der Waals surface area contributed by atoms with Gasteiger partial charge in [-0.1, -0.05) is 5.21 Å². The molecule has 17 heavy (non-hydrogen) atoms. The number of carboxylic acid groups (broad SMARTS) is 1. The molecule has 0 aliphatic heterocycles. The van der Waals surface area contributed by atoms with Gasteiger partial charge in [0.2, 0.25) is 0 Å². The topological polar surface area (TPSA) is 80.9 Å². The molecule has 0 bridgehead atoms. The van der Waals surface area contributed by atoms with Crippen molar-refractivity contribution in [3.63, 3.8) is 0 Å². The molecule has 0 aliphatic carbocycles. The van der Waals surface area contributed by atoms with Gasteiger partial charge in [-0.15, -0.1) is 5.10 Å². The van der Waals surface area contributed by atoms with Crippen LogP contribution < -0.4 is 0 Å². The minimum absolute atomic E-state index is 0.0773. The van der Waals surface area contributed by atoms with Gasteiger partial charge in [-0.3, -0.25) is 9.78 Å². The molecule has 2 heterocycles. The Morgan fingerprint density at radius 1 is 1.35 bits per heavy atom. The van der Waals surface area contributed by atoms with E-state index in [0.29, 0.717) is 18.7 Å². The third-order valence-corrected chi connectivity index (χ3v) is 2.28. The lowest BCUT2D eigenvalue weighted by atomic mass is 10.2. The minimum atomic E-state index is -0.825. The van der Waals surface area contributed by atoms with Crippen LogP contribution >= 0.6 is 0 Å². The molecule has 0 saturated heterocycles. The van der Waals surface area contributed by atoms with E-state index in [4.69, 9.17) is 5.11 Å². The number of aliphatic carboxylic acids is 1. The van der Waals surface area contributed by atoms with Crippen LogP contribution in [-0.4, -0.2) is 31.1 Å². The molecule has 2 aromatic rings. The quantitative estimate of drug-likeness (QED) is 0.822. The van der Waals surface area contributed by atoms with Crippen molar-refractivity contribution in [2.45, 2.75) is 19.4 Å². The Bertz CT molecular complexity index is 495. The fourth-order valence-corrected chi connectivity index (χ4v) is 1.44. The standard InChI is InChI=1S/C11H12N4O2/c16-11(17)2-1-10-8-15(14-13-10)7-9-3-5-12-6-4-9/h3-6,8H,1-2,7H2,(H,16,17). The largest absolute Gasteiger partial charge is 0.481 e. The SMILES string of the molecule is O=C(O)CCc1cn(Cc2ccncc2)nn1. The maximum absolute atomic E-state index is 10.4. The summed E-state index contributed by atoms with van der Waals surface area (Å²) >= 11 is 0. The highest BCUT2D eigenvalue weighted by Crippen LogP contribution is 2.02. The highest BCUT2D eigenvalue weighted by molar-refractivity contribution is 5.66. The number of carbonyl (C=O) groups is 1. The lowest BCUT2D eigenvalue weighted by Gasteiger charge is -1.98. The smallest absolute Gasteiger partial charge is 0.303 e. The van der Waals surface area contributed by atoms with Gasteiger partial charge in [-0.05, 0) is 17.7 Å². The Hall–Kier alpha value is -2.24. The van der Waals surface area contributed by atoms with Crippen LogP contribution in [0.1, 0.15) is 17.7 Å². The molecule has 0 radical (unpaired) electrons. The average molecular weight is 232 g/mol. The number of hydrogen-bond donors (Lipinski definition) is 1. The van der Waals surface area contributed by atoms with Crippen molar-refractivity contribution in [1.82, 2.24) is 20.0 Å². The van der Waals surface area contributed by atoms with Crippen LogP contribution in [0.15, 0.2) is 30.7 Å². The number of pyridine rings is 1. The number of aromatic nitrogens is 4. The lowest BCUT2D eigenvalue weighted by Crippen LogP contribution is -2.00. The fraction of sp³-hybridized carbons (Fsp3) is 0.273. The molecule has 0 aliphatic rings. The molecule has 2 rings (SSSR count). The van der Waals surface area contributed by atoms with E-state index in [9.17, 15) is 4.79 Å². The second-order valence-electron chi connectivity index (χ2n) is 3.66. The predicted octanol–water partition coefficient (Wildman–Crippen LogP) is 0.739. The lowest BCUT2D eigenvalue weighted by molar-refractivity contribution is -0.136. The summed E-state index contributed by atoms with van der Waals surface area (Å²) in [5.41, 5.74) is 1.77. The molecule has 0 saturated carbocycles. The van der Waals surface area contributed by atoms with Gasteiger partial charge in [0.15, 0.2) is 0 Å². The zero-order valence-corrected chi connectivity index (χ0v) is 9.15. The summed E-state index contributed by atoms with van der Waals surface area (Å²) < 4.78 is 1.69. The first-order valence-electron chi connectivity index (χ1n) is 5.24. The molecule has 0 unspecified atom stereocenters. The Morgan fingerprint density at radius 3 is 2.82 bits per heavy atom. The summed E-state index contributed by atoms with van der Waals surface area (Å²) in [6.07, 6.45) is 5.69. The van der Waals surface area contributed by atoms with Crippen molar-refractivity contribution in [1.29, 1.82) is 0 Å². The van der Waals surface area contributed by atoms with Crippen molar-refractivity contribution in [3.8, 4) is 0 Å². The Labute approximate surface area is 97.9 Å². The fourth-order valence-electron chi connectivity index (χ4n) is 1.44. The van der Waals surface area contributed by atoms with Gasteiger partial charge in [0, 0.05) is 25.0 Å². The molecule has 0 fully saturated rings. The predicted molar refractivity (Wildman–Crippen MR) is 59.3 cm³/mol. The van der Waals surface area contributed by atoms with E-state index < -0.39 is 5.97 Å². The molecule has 6 heteroatoms. The van der Waals surface area contributed by atoms with Gasteiger partial charge >= 0.3 is 5.97 Å². The van der Waals surface area contributed by atoms with Crippen molar-refractivity contribution in [2.75, 3.05) is 0 Å². The Balaban J connectivity index is 1.97. The minimum Gasteiger partial charge on any atom is -0.481 e. The van der Waals surface area contributed by atoms with Gasteiger partial charge in [0.25, 0.3) is 0 Å². The monoisotopic (exact) mass is 232 g/mol. The summed E-state index contributed by atoms with van der Waals surface area (Å²) in [5, 5.41) is 16.4. The molecule has 0 amide bonds. The number of nitrogens with zero attached hydrogens (tertiary/aromatic N) is 4. The molecule has 88 valence electrons. The van der Waals surface area contributed by atoms with Crippen LogP contribution in [0.2, 0.25) is 0 Å². The maximum atomic E-state index is 10.4. The van der Waals surface area contributed by atoms with Gasteiger partial charge in [-0.2, -0.15) is 0 Å². The van der Waals surface area contributed by atoms with E-state index in [1.807, 2.05) is 12.1 Å². The zero-order valence-electron chi connectivity index (χ0n) is 9.15. The summed E-state index contributed by atoms with van der Waals surface area (Å²) in [7, 11) is 0. The van der Waals surface area contributed by atoms with Crippen molar-refractivity contribution < 1.29 is 9.90 Å². The van der Waals surface area contributed by atoms with Crippen LogP contribution in [0.25, 0.3) is 0 Å². The second-order valence-corrected chi connectivity index (χ2v) is 3.66. The molecule has 1 N–H and O–H groups in total. The molecular weight excluding hydrogens is 220 g/mol. The first-order valence-corrected chi connectivity index (χ1v) is 5.24. The van der Waals surface area contributed by atoms with Gasteiger partial charge in [0.05, 0.1) is 18.7 Å². The normalized spacial score (nSPS) is 10.4. The molecule has 0 spiro atoms. The highest BCUT2D eigenvalue weighted by atomic mass is 16.4. The number of carboxylic acids is 1. The number of aryl methyl sites for hydroxylation is 1. The Kier molecular flexibility index (Phi) is 3.44. The van der Waals surface area contributed by atoms with Gasteiger partial charge in [-0.25, -0.2) is 4.68 Å². The highest BCUT2D eigenvalue weighted by Gasteiger charge is 2.04. The van der Waals surface area contributed by atoms with E-state index in [0.717, 1.165) is 5.56 Å². The molecule has 0 aromatic carbocycles. The van der Waals surface area contributed by atoms with Crippen molar-refractivity contribution in [2.24, 2.45) is 0 Å². The third kappa shape index (κ3) is 3.37. The molecular formula is C11H12N4O2. The number of hydrogen-bond acceptors (Lipinski definition) is 4. The van der Waals surface area contributed by atoms with Crippen LogP contribution in [0, 0.1) is 0 Å². The van der Waals surface area contributed by atoms with Gasteiger partial charge < -0.3 is 5.11 Å². The van der Waals surface area contributed by atoms with Crippen LogP contribution in [-0.2, 0) is 17.8 Å². The first-order chi connectivity index (χ1) is 8.24. The van der Waals surface area contributed by atoms with Crippen molar-refractivity contribution >= 4 is 5.97 Å². The summed E-state index contributed by atoms with van der Waals surface area (Å²) in [6, 6.07) is 3.80. The maximum Gasteiger partial charge on any atom is 0.303 e. The molecule has 2 aromatic heterocycles. The van der Waals surface area contributed by atoms with Gasteiger partial charge in [0.1, 0.15) is 0 Å². The first kappa shape index (κ1) is 11.3. The second kappa shape index (κ2) is 5.20. The van der Waals surface area contributed by atoms with Crippen molar-refractivity contribution in [3.05, 3.63) is 42.0 Å². The Morgan fingerprint density at radius 2 is 2.12 bits per heavy atom. The molecule has 0 atom stereocenters. The van der Waals surface area contributed by atoms with Crippen LogP contribution in [0.3, 0.4) is 0 Å². The van der Waals surface area contributed by atoms with Crippen LogP contribution in [0.5, 0.6) is 0 Å². The zero-order chi connectivity index (χ0) is 12.1. The van der Waals surface area contributed by atoms with Crippen LogP contribution in [0.4, 0.5) is 0 Å². The van der Waals surface area contributed by atoms with E-state index >= 15 is 0 Å². The summed E-state index contributed by atoms with van der Waals surface area (Å²) in [6.45, 7) is 0.614. The number of rotatable bonds is 5. The van der Waals surface area contributed by atoms with E-state index in [1.165, 1.54) is 0 Å². The summed E-state index contributed by atoms with van der Waals surface area (Å²) in [4.78, 5) is 14.3.